The summed E-state index contributed by atoms with van der Waals surface area (Å²) >= 11 is 3.36. The Labute approximate surface area is 130 Å². The summed E-state index contributed by atoms with van der Waals surface area (Å²) in [5.74, 6) is 0.536. The van der Waals surface area contributed by atoms with Crippen molar-refractivity contribution in [3.63, 3.8) is 0 Å². The summed E-state index contributed by atoms with van der Waals surface area (Å²) in [4.78, 5) is 11.6. The van der Waals surface area contributed by atoms with E-state index in [4.69, 9.17) is 10.5 Å². The minimum atomic E-state index is -0.268. The van der Waals surface area contributed by atoms with Crippen LogP contribution in [0.4, 0.5) is 5.69 Å². The van der Waals surface area contributed by atoms with Gasteiger partial charge < -0.3 is 15.8 Å². The molecule has 0 atom stereocenters. The van der Waals surface area contributed by atoms with E-state index in [1.807, 2.05) is 19.9 Å². The van der Waals surface area contributed by atoms with Gasteiger partial charge in [0.15, 0.2) is 11.4 Å². The molecule has 0 bridgehead atoms. The quantitative estimate of drug-likeness (QED) is 0.827. The maximum absolute atomic E-state index is 11.6. The number of anilines is 1. The summed E-state index contributed by atoms with van der Waals surface area (Å²) in [7, 11) is 0. The standard InChI is InChI=1S/C14H15BrN4O2/c1-3-17-14(20)11-4-5-12(19-18-11)21-13-8(2)6-9(15)7-10(13)16/h4-7H,3,16H2,1-2H3,(H,17,20). The number of aryl methyl sites for hydroxylation is 1. The van der Waals surface area contributed by atoms with Crippen LogP contribution in [0.5, 0.6) is 11.6 Å². The zero-order valence-corrected chi connectivity index (χ0v) is 13.3. The Morgan fingerprint density at radius 2 is 2.14 bits per heavy atom. The highest BCUT2D eigenvalue weighted by Gasteiger charge is 2.11. The second-order valence-electron chi connectivity index (χ2n) is 4.36. The van der Waals surface area contributed by atoms with Crippen molar-refractivity contribution in [3.05, 3.63) is 40.0 Å². The average Bonchev–Trinajstić information content (AvgIpc) is 2.43. The molecule has 0 spiro atoms. The normalized spacial score (nSPS) is 10.2. The van der Waals surface area contributed by atoms with E-state index in [1.165, 1.54) is 0 Å². The van der Waals surface area contributed by atoms with Crippen LogP contribution < -0.4 is 15.8 Å². The molecule has 7 heteroatoms. The number of halogens is 1. The van der Waals surface area contributed by atoms with Crippen LogP contribution in [0.3, 0.4) is 0 Å². The third-order valence-corrected chi connectivity index (χ3v) is 3.14. The van der Waals surface area contributed by atoms with Crippen LogP contribution in [0.2, 0.25) is 0 Å². The minimum absolute atomic E-state index is 0.240. The number of hydrogen-bond acceptors (Lipinski definition) is 5. The first kappa shape index (κ1) is 15.2. The molecule has 0 aliphatic carbocycles. The van der Waals surface area contributed by atoms with Gasteiger partial charge in [-0.15, -0.1) is 10.2 Å². The van der Waals surface area contributed by atoms with Crippen LogP contribution in [-0.4, -0.2) is 22.6 Å². The molecule has 0 saturated carbocycles. The Bertz CT molecular complexity index is 636. The van der Waals surface area contributed by atoms with Crippen molar-refractivity contribution in [3.8, 4) is 11.6 Å². The number of nitrogens with one attached hydrogen (secondary N) is 1. The number of aromatic nitrogens is 2. The van der Waals surface area contributed by atoms with Crippen molar-refractivity contribution in [2.24, 2.45) is 0 Å². The molecule has 1 heterocycles. The highest BCUT2D eigenvalue weighted by molar-refractivity contribution is 9.10. The number of amides is 1. The smallest absolute Gasteiger partial charge is 0.271 e. The van der Waals surface area contributed by atoms with Crippen molar-refractivity contribution in [2.75, 3.05) is 12.3 Å². The summed E-state index contributed by atoms with van der Waals surface area (Å²) in [6, 6.07) is 6.78. The van der Waals surface area contributed by atoms with Gasteiger partial charge in [0, 0.05) is 17.1 Å². The van der Waals surface area contributed by atoms with Gasteiger partial charge in [-0.2, -0.15) is 0 Å². The van der Waals surface area contributed by atoms with Gasteiger partial charge >= 0.3 is 0 Å². The third kappa shape index (κ3) is 3.69. The lowest BCUT2D eigenvalue weighted by atomic mass is 10.2. The van der Waals surface area contributed by atoms with Gasteiger partial charge in [-0.1, -0.05) is 15.9 Å². The van der Waals surface area contributed by atoms with Crippen molar-refractivity contribution in [1.82, 2.24) is 15.5 Å². The SMILES string of the molecule is CCNC(=O)c1ccc(Oc2c(C)cc(Br)cc2N)nn1. The molecule has 2 aromatic rings. The zero-order valence-electron chi connectivity index (χ0n) is 11.7. The Balaban J connectivity index is 2.19. The third-order valence-electron chi connectivity index (χ3n) is 2.68. The molecule has 1 aromatic carbocycles. The van der Waals surface area contributed by atoms with Gasteiger partial charge in [0.2, 0.25) is 5.88 Å². The van der Waals surface area contributed by atoms with Crippen molar-refractivity contribution >= 4 is 27.5 Å². The molecular weight excluding hydrogens is 336 g/mol. The summed E-state index contributed by atoms with van der Waals surface area (Å²) in [6.07, 6.45) is 0. The summed E-state index contributed by atoms with van der Waals surface area (Å²) in [5, 5.41) is 10.4. The van der Waals surface area contributed by atoms with E-state index < -0.39 is 0 Å². The van der Waals surface area contributed by atoms with Crippen molar-refractivity contribution in [1.29, 1.82) is 0 Å². The number of carbonyl (C=O) groups excluding carboxylic acids is 1. The molecular formula is C14H15BrN4O2. The van der Waals surface area contributed by atoms with E-state index in [-0.39, 0.29) is 17.5 Å². The number of hydrogen-bond donors (Lipinski definition) is 2. The van der Waals surface area contributed by atoms with Crippen LogP contribution in [0.25, 0.3) is 0 Å². The minimum Gasteiger partial charge on any atom is -0.435 e. The second kappa shape index (κ2) is 6.53. The fraction of sp³-hybridized carbons (Fsp3) is 0.214. The number of nitrogens with zero attached hydrogens (tertiary/aromatic N) is 2. The first-order chi connectivity index (χ1) is 10.0. The molecule has 0 fully saturated rings. The molecule has 2 rings (SSSR count). The Hall–Kier alpha value is -2.15. The van der Waals surface area contributed by atoms with Gasteiger partial charge in [-0.05, 0) is 37.6 Å². The Morgan fingerprint density at radius 1 is 1.38 bits per heavy atom. The zero-order chi connectivity index (χ0) is 15.4. The number of benzene rings is 1. The van der Waals surface area contributed by atoms with Crippen molar-refractivity contribution < 1.29 is 9.53 Å². The van der Waals surface area contributed by atoms with Crippen LogP contribution in [0.1, 0.15) is 23.0 Å². The predicted molar refractivity (Wildman–Crippen MR) is 83.4 cm³/mol. The van der Waals surface area contributed by atoms with E-state index in [0.29, 0.717) is 18.0 Å². The first-order valence-electron chi connectivity index (χ1n) is 6.36. The molecule has 3 N–H and O–H groups in total. The Morgan fingerprint density at radius 3 is 2.71 bits per heavy atom. The molecule has 0 radical (unpaired) electrons. The van der Waals surface area contributed by atoms with E-state index in [9.17, 15) is 4.79 Å². The number of nitrogens with two attached hydrogens (primary N) is 1. The Kier molecular flexibility index (Phi) is 4.74. The maximum atomic E-state index is 11.6. The van der Waals surface area contributed by atoms with E-state index in [1.54, 1.807) is 18.2 Å². The van der Waals surface area contributed by atoms with Crippen LogP contribution in [0.15, 0.2) is 28.7 Å². The highest BCUT2D eigenvalue weighted by atomic mass is 79.9. The topological polar surface area (TPSA) is 90.1 Å². The fourth-order valence-corrected chi connectivity index (χ4v) is 2.34. The second-order valence-corrected chi connectivity index (χ2v) is 5.28. The van der Waals surface area contributed by atoms with E-state index >= 15 is 0 Å². The fourth-order valence-electron chi connectivity index (χ4n) is 1.75. The number of rotatable bonds is 4. The monoisotopic (exact) mass is 350 g/mol. The summed E-state index contributed by atoms with van der Waals surface area (Å²) in [5.41, 5.74) is 7.53. The number of ether oxygens (including phenoxy) is 1. The van der Waals surface area contributed by atoms with Gasteiger partial charge in [0.05, 0.1) is 5.69 Å². The van der Waals surface area contributed by atoms with Gasteiger partial charge in [-0.3, -0.25) is 4.79 Å². The van der Waals surface area contributed by atoms with Crippen LogP contribution in [0, 0.1) is 6.92 Å². The molecule has 21 heavy (non-hydrogen) atoms. The summed E-state index contributed by atoms with van der Waals surface area (Å²) in [6.45, 7) is 4.25. The number of carbonyl (C=O) groups is 1. The molecule has 0 aliphatic heterocycles. The highest BCUT2D eigenvalue weighted by Crippen LogP contribution is 2.32. The molecule has 0 aliphatic rings. The lowest BCUT2D eigenvalue weighted by molar-refractivity contribution is 0.0949. The predicted octanol–water partition coefficient (Wildman–Crippen LogP) is 2.67. The van der Waals surface area contributed by atoms with Crippen LogP contribution in [-0.2, 0) is 0 Å². The summed E-state index contributed by atoms with van der Waals surface area (Å²) < 4.78 is 6.52. The lowest BCUT2D eigenvalue weighted by Crippen LogP contribution is -2.23. The van der Waals surface area contributed by atoms with E-state index in [0.717, 1.165) is 10.0 Å². The molecule has 1 aromatic heterocycles. The average molecular weight is 351 g/mol. The van der Waals surface area contributed by atoms with Crippen LogP contribution >= 0.6 is 15.9 Å². The van der Waals surface area contributed by atoms with Gasteiger partial charge in [0.1, 0.15) is 0 Å². The van der Waals surface area contributed by atoms with Crippen molar-refractivity contribution in [2.45, 2.75) is 13.8 Å². The molecule has 1 amide bonds. The first-order valence-corrected chi connectivity index (χ1v) is 7.16. The van der Waals surface area contributed by atoms with E-state index in [2.05, 4.69) is 31.4 Å². The molecule has 0 saturated heterocycles. The van der Waals surface area contributed by atoms with Gasteiger partial charge in [-0.25, -0.2) is 0 Å². The molecule has 6 nitrogen and oxygen atoms in total. The lowest BCUT2D eigenvalue weighted by Gasteiger charge is -2.11. The largest absolute Gasteiger partial charge is 0.435 e. The van der Waals surface area contributed by atoms with Gasteiger partial charge in [0.25, 0.3) is 5.91 Å². The molecule has 0 unspecified atom stereocenters. The maximum Gasteiger partial charge on any atom is 0.271 e. The molecule has 110 valence electrons. The number of nitrogen functional groups attached to an aromatic ring is 1.